The summed E-state index contributed by atoms with van der Waals surface area (Å²) >= 11 is 0. The maximum absolute atomic E-state index is 12.4. The molecule has 158 valence electrons. The summed E-state index contributed by atoms with van der Waals surface area (Å²) in [5.74, 6) is 1.93. The van der Waals surface area contributed by atoms with E-state index in [-0.39, 0.29) is 12.6 Å². The molecule has 1 heterocycles. The number of nitrogens with zero attached hydrogens (tertiary/aromatic N) is 2. The first-order chi connectivity index (χ1) is 14.5. The van der Waals surface area contributed by atoms with Gasteiger partial charge in [0.05, 0.1) is 14.2 Å². The molecule has 0 atom stereocenters. The molecule has 0 fully saturated rings. The lowest BCUT2D eigenvalue weighted by atomic mass is 10.1. The number of carbonyl (C=O) groups excluding carboxylic acids is 1. The largest absolute Gasteiger partial charge is 0.493 e. The molecule has 3 rings (SSSR count). The summed E-state index contributed by atoms with van der Waals surface area (Å²) < 4.78 is 17.9. The van der Waals surface area contributed by atoms with E-state index < -0.39 is 0 Å². The zero-order valence-electron chi connectivity index (χ0n) is 17.8. The number of ether oxygens (including phenoxy) is 3. The van der Waals surface area contributed by atoms with E-state index in [1.54, 1.807) is 31.2 Å². The van der Waals surface area contributed by atoms with E-state index in [9.17, 15) is 4.79 Å². The summed E-state index contributed by atoms with van der Waals surface area (Å²) in [6.07, 6.45) is 2.40. The van der Waals surface area contributed by atoms with Gasteiger partial charge in [-0.15, -0.1) is 0 Å². The lowest BCUT2D eigenvalue weighted by Gasteiger charge is -2.10. The van der Waals surface area contributed by atoms with Gasteiger partial charge in [0.15, 0.2) is 18.2 Å². The lowest BCUT2D eigenvalue weighted by Crippen LogP contribution is -2.26. The first-order valence-corrected chi connectivity index (χ1v) is 9.72. The fourth-order valence-corrected chi connectivity index (χ4v) is 3.10. The fourth-order valence-electron chi connectivity index (χ4n) is 3.10. The Morgan fingerprint density at radius 3 is 2.50 bits per heavy atom. The normalized spacial score (nSPS) is 10.5. The van der Waals surface area contributed by atoms with Crippen LogP contribution in [-0.2, 0) is 13.2 Å². The van der Waals surface area contributed by atoms with Crippen LogP contribution in [0.5, 0.6) is 17.2 Å². The lowest BCUT2D eigenvalue weighted by molar-refractivity contribution is 0.0947. The second-order valence-electron chi connectivity index (χ2n) is 6.98. The number of amides is 1. The van der Waals surface area contributed by atoms with Crippen molar-refractivity contribution in [2.75, 3.05) is 20.8 Å². The molecule has 7 heteroatoms. The minimum atomic E-state index is -0.222. The molecule has 0 aliphatic rings. The molecule has 30 heavy (non-hydrogen) atoms. The first-order valence-electron chi connectivity index (χ1n) is 9.72. The van der Waals surface area contributed by atoms with E-state index in [4.69, 9.17) is 14.2 Å². The molecular weight excluding hydrogens is 382 g/mol. The third-order valence-corrected chi connectivity index (χ3v) is 4.70. The zero-order chi connectivity index (χ0) is 21.5. The molecule has 0 spiro atoms. The van der Waals surface area contributed by atoms with Crippen LogP contribution in [-0.4, -0.2) is 36.5 Å². The number of benzene rings is 2. The molecule has 7 nitrogen and oxygen atoms in total. The minimum Gasteiger partial charge on any atom is -0.493 e. The standard InChI is InChI=1S/C23H27N3O4/c1-16-5-7-20(17(2)13-16)30-15-26-12-10-19(25-26)23(27)24-11-9-18-6-8-21(28-3)22(14-18)29-4/h5-8,10,12-14H,9,11,15H2,1-4H3,(H,24,27). The molecule has 1 N–H and O–H groups in total. The highest BCUT2D eigenvalue weighted by molar-refractivity contribution is 5.92. The van der Waals surface area contributed by atoms with E-state index >= 15 is 0 Å². The van der Waals surface area contributed by atoms with Crippen molar-refractivity contribution < 1.29 is 19.0 Å². The van der Waals surface area contributed by atoms with E-state index in [0.717, 1.165) is 16.9 Å². The van der Waals surface area contributed by atoms with Gasteiger partial charge in [-0.2, -0.15) is 5.10 Å². The molecule has 0 aliphatic carbocycles. The Kier molecular flexibility index (Phi) is 6.95. The second kappa shape index (κ2) is 9.82. The molecule has 0 saturated carbocycles. The summed E-state index contributed by atoms with van der Waals surface area (Å²) in [4.78, 5) is 12.4. The van der Waals surface area contributed by atoms with Gasteiger partial charge in [0.1, 0.15) is 11.4 Å². The molecular formula is C23H27N3O4. The van der Waals surface area contributed by atoms with Crippen LogP contribution in [0.25, 0.3) is 0 Å². The molecule has 0 bridgehead atoms. The number of carbonyl (C=O) groups is 1. The predicted molar refractivity (Wildman–Crippen MR) is 114 cm³/mol. The van der Waals surface area contributed by atoms with Crippen molar-refractivity contribution in [2.45, 2.75) is 27.0 Å². The van der Waals surface area contributed by atoms with Gasteiger partial charge in [0.2, 0.25) is 0 Å². The predicted octanol–water partition coefficient (Wildman–Crippen LogP) is 3.53. The average Bonchev–Trinajstić information content (AvgIpc) is 3.22. The van der Waals surface area contributed by atoms with Crippen LogP contribution in [0.1, 0.15) is 27.2 Å². The highest BCUT2D eigenvalue weighted by Gasteiger charge is 2.10. The van der Waals surface area contributed by atoms with Crippen LogP contribution in [0.15, 0.2) is 48.7 Å². The van der Waals surface area contributed by atoms with Crippen LogP contribution in [0.4, 0.5) is 0 Å². The van der Waals surface area contributed by atoms with Crippen molar-refractivity contribution in [3.63, 3.8) is 0 Å². The van der Waals surface area contributed by atoms with Gasteiger partial charge < -0.3 is 19.5 Å². The summed E-state index contributed by atoms with van der Waals surface area (Å²) in [7, 11) is 3.20. The van der Waals surface area contributed by atoms with Crippen molar-refractivity contribution in [1.29, 1.82) is 0 Å². The number of nitrogens with one attached hydrogen (secondary N) is 1. The van der Waals surface area contributed by atoms with Crippen LogP contribution in [0.3, 0.4) is 0 Å². The van der Waals surface area contributed by atoms with Crippen molar-refractivity contribution >= 4 is 5.91 Å². The Hall–Kier alpha value is -3.48. The third-order valence-electron chi connectivity index (χ3n) is 4.70. The number of methoxy groups -OCH3 is 2. The number of hydrogen-bond donors (Lipinski definition) is 1. The Morgan fingerprint density at radius 1 is 1.00 bits per heavy atom. The van der Waals surface area contributed by atoms with Crippen LogP contribution >= 0.6 is 0 Å². The van der Waals surface area contributed by atoms with Crippen molar-refractivity contribution in [1.82, 2.24) is 15.1 Å². The Balaban J connectivity index is 1.50. The topological polar surface area (TPSA) is 74.6 Å². The van der Waals surface area contributed by atoms with Crippen molar-refractivity contribution in [3.05, 3.63) is 71.0 Å². The Morgan fingerprint density at radius 2 is 1.77 bits per heavy atom. The maximum Gasteiger partial charge on any atom is 0.271 e. The SMILES string of the molecule is COc1ccc(CCNC(=O)c2ccn(COc3ccc(C)cc3C)n2)cc1OC. The van der Waals surface area contributed by atoms with Gasteiger partial charge >= 0.3 is 0 Å². The monoisotopic (exact) mass is 409 g/mol. The van der Waals surface area contributed by atoms with Crippen molar-refractivity contribution in [2.24, 2.45) is 0 Å². The van der Waals surface area contributed by atoms with E-state index in [1.807, 2.05) is 44.2 Å². The molecule has 1 amide bonds. The highest BCUT2D eigenvalue weighted by Crippen LogP contribution is 2.27. The summed E-state index contributed by atoms with van der Waals surface area (Å²) in [6.45, 7) is 4.77. The molecule has 0 saturated heterocycles. The van der Waals surface area contributed by atoms with Crippen LogP contribution in [0, 0.1) is 13.8 Å². The highest BCUT2D eigenvalue weighted by atomic mass is 16.5. The van der Waals surface area contributed by atoms with Gasteiger partial charge in [-0.3, -0.25) is 4.79 Å². The third kappa shape index (κ3) is 5.31. The van der Waals surface area contributed by atoms with Crippen LogP contribution < -0.4 is 19.5 Å². The number of aryl methyl sites for hydroxylation is 2. The molecule has 3 aromatic rings. The Labute approximate surface area is 176 Å². The summed E-state index contributed by atoms with van der Waals surface area (Å²) in [5, 5.41) is 7.18. The number of rotatable bonds is 9. The second-order valence-corrected chi connectivity index (χ2v) is 6.98. The molecule has 0 aliphatic heterocycles. The van der Waals surface area contributed by atoms with Gasteiger partial charge in [-0.25, -0.2) is 4.68 Å². The molecule has 2 aromatic carbocycles. The van der Waals surface area contributed by atoms with Crippen LogP contribution in [0.2, 0.25) is 0 Å². The van der Waals surface area contributed by atoms with E-state index in [2.05, 4.69) is 16.5 Å². The average molecular weight is 409 g/mol. The van der Waals surface area contributed by atoms with Gasteiger partial charge in [0.25, 0.3) is 5.91 Å². The molecule has 0 radical (unpaired) electrons. The fraction of sp³-hybridized carbons (Fsp3) is 0.304. The number of aromatic nitrogens is 2. The molecule has 0 unspecified atom stereocenters. The van der Waals surface area contributed by atoms with Crippen molar-refractivity contribution in [3.8, 4) is 17.2 Å². The van der Waals surface area contributed by atoms with Gasteiger partial charge in [-0.05, 0) is 55.7 Å². The minimum absolute atomic E-state index is 0.222. The van der Waals surface area contributed by atoms with Gasteiger partial charge in [0, 0.05) is 12.7 Å². The van der Waals surface area contributed by atoms with Gasteiger partial charge in [-0.1, -0.05) is 23.8 Å². The zero-order valence-corrected chi connectivity index (χ0v) is 17.8. The maximum atomic E-state index is 12.4. The number of hydrogen-bond acceptors (Lipinski definition) is 5. The van der Waals surface area contributed by atoms with E-state index in [1.165, 1.54) is 5.56 Å². The Bertz CT molecular complexity index is 1010. The smallest absolute Gasteiger partial charge is 0.271 e. The first kappa shape index (κ1) is 21.2. The molecule has 1 aromatic heterocycles. The van der Waals surface area contributed by atoms with E-state index in [0.29, 0.717) is 30.2 Å². The summed E-state index contributed by atoms with van der Waals surface area (Å²) in [5.41, 5.74) is 3.65. The summed E-state index contributed by atoms with van der Waals surface area (Å²) in [6, 6.07) is 13.4. The quantitative estimate of drug-likeness (QED) is 0.585.